The smallest absolute Gasteiger partial charge is 0.354 e. The molecule has 274 valence electrons. The number of aryl methyl sites for hydroxylation is 1. The summed E-state index contributed by atoms with van der Waals surface area (Å²) in [6.07, 6.45) is 10.8. The maximum Gasteiger partial charge on any atom is 0.354 e. The summed E-state index contributed by atoms with van der Waals surface area (Å²) in [5, 5.41) is 0.516. The van der Waals surface area contributed by atoms with Crippen LogP contribution in [0, 0.1) is 11.6 Å². The van der Waals surface area contributed by atoms with Crippen molar-refractivity contribution in [3.05, 3.63) is 87.5 Å². The van der Waals surface area contributed by atoms with Gasteiger partial charge in [0.05, 0.1) is 29.6 Å². The molecule has 1 saturated heterocycles. The molecule has 0 aliphatic carbocycles. The Kier molecular flexibility index (Phi) is 13.4. The number of likely N-dealkylation sites (tertiary alicyclic amines) is 1. The molecule has 1 fully saturated rings. The Labute approximate surface area is 305 Å². The molecule has 3 atom stereocenters. The molecule has 3 heterocycles. The fourth-order valence-corrected chi connectivity index (χ4v) is 7.87. The van der Waals surface area contributed by atoms with Crippen molar-refractivity contribution in [3.63, 3.8) is 0 Å². The molecule has 2 aromatic carbocycles. The number of rotatable bonds is 16. The zero-order chi connectivity index (χ0) is 36.7. The molecule has 0 unspecified atom stereocenters. The number of fused-ring (bicyclic) bond motifs is 1. The number of hydrogen-bond donors (Lipinski definition) is 4. The number of hydrogen-bond acceptors (Lipinski definition) is 7. The minimum Gasteiger partial charge on any atom is -0.386 e. The number of nitrogens with two attached hydrogens (primary N) is 3. The van der Waals surface area contributed by atoms with Crippen molar-refractivity contribution >= 4 is 40.2 Å². The lowest BCUT2D eigenvalue weighted by molar-refractivity contribution is 0.0713. The second kappa shape index (κ2) is 17.7. The van der Waals surface area contributed by atoms with Gasteiger partial charge in [0, 0.05) is 58.8 Å². The number of benzene rings is 2. The Hall–Kier alpha value is -3.62. The van der Waals surface area contributed by atoms with Gasteiger partial charge in [0.15, 0.2) is 5.82 Å². The molecule has 14 heteroatoms. The highest BCUT2D eigenvalue weighted by atomic mass is 35.5. The fraction of sp³-hybridized carbons (Fsp3) is 0.432. The molecule has 9 nitrogen and oxygen atoms in total. The van der Waals surface area contributed by atoms with Gasteiger partial charge < -0.3 is 22.2 Å². The number of thioether (sulfide) groups is 1. The molecule has 4 aromatic rings. The van der Waals surface area contributed by atoms with Crippen LogP contribution in [0.25, 0.3) is 28.0 Å². The Morgan fingerprint density at radius 3 is 2.76 bits per heavy atom. The summed E-state index contributed by atoms with van der Waals surface area (Å²) in [7, 11) is 0. The number of aromatic nitrogens is 3. The number of H-pyrrole nitrogens is 1. The fourth-order valence-electron chi connectivity index (χ4n) is 6.94. The number of alkyl halides is 1. The number of piperidine rings is 1. The lowest BCUT2D eigenvalue weighted by atomic mass is 9.88. The zero-order valence-electron chi connectivity index (χ0n) is 28.8. The van der Waals surface area contributed by atoms with Gasteiger partial charge in [0.1, 0.15) is 17.3 Å². The topological polar surface area (TPSA) is 144 Å². The minimum atomic E-state index is -0.625. The van der Waals surface area contributed by atoms with E-state index in [-0.39, 0.29) is 40.9 Å². The number of halogens is 4. The first-order chi connectivity index (χ1) is 24.6. The van der Waals surface area contributed by atoms with E-state index in [9.17, 15) is 9.18 Å². The Morgan fingerprint density at radius 1 is 1.24 bits per heavy atom. The maximum atomic E-state index is 16.4. The first-order valence-electron chi connectivity index (χ1n) is 17.3. The van der Waals surface area contributed by atoms with Gasteiger partial charge in [-0.3, -0.25) is 18.8 Å². The molecule has 0 radical (unpaired) electrons. The zero-order valence-corrected chi connectivity index (χ0v) is 30.4. The van der Waals surface area contributed by atoms with Gasteiger partial charge in [-0.25, -0.2) is 13.6 Å². The SMILES string of the molecule is C=C[C@H](N)CCCc1cc(Cl)c(F)c(-c2cc3cn(-c4cc(F)c([C@@H]5CCC[C@@H](CCN=C(N)CN)N5CCCF)c(SC)c4)c(=O)nc3[nH]2)c1. The molecule has 7 N–H and O–H groups in total. The van der Waals surface area contributed by atoms with E-state index >= 15 is 8.78 Å². The molecule has 0 spiro atoms. The Morgan fingerprint density at radius 2 is 2.04 bits per heavy atom. The standard InChI is InChI=1S/C37H46ClF3N8OS/c1-3-24(43)8-4-7-22-15-27(35(41)28(38)16-22)30-17-23-21-49(37(50)47-36(23)46-30)26-18-29(40)34(32(19-26)51-2)31-10-5-9-25(48(31)14-6-12-39)11-13-45-33(44)20-42/h3,15-19,21,24-25,31H,1,4-14,20,42-43H2,2H3,(H2,44,45)(H,46,47,50)/t24-,25-,31-/m0/s1. The first-order valence-corrected chi connectivity index (χ1v) is 18.9. The average molecular weight is 743 g/mol. The highest BCUT2D eigenvalue weighted by molar-refractivity contribution is 7.98. The van der Waals surface area contributed by atoms with Crippen LogP contribution in [0.4, 0.5) is 13.2 Å². The van der Waals surface area contributed by atoms with E-state index in [2.05, 4.69) is 26.4 Å². The third-order valence-electron chi connectivity index (χ3n) is 9.52. The lowest BCUT2D eigenvalue weighted by Crippen LogP contribution is -2.43. The monoisotopic (exact) mass is 742 g/mol. The summed E-state index contributed by atoms with van der Waals surface area (Å²) in [6, 6.07) is 7.85. The second-order valence-corrected chi connectivity index (χ2v) is 14.2. The highest BCUT2D eigenvalue weighted by Crippen LogP contribution is 2.41. The van der Waals surface area contributed by atoms with E-state index in [1.807, 2.05) is 6.26 Å². The molecule has 5 rings (SSSR count). The molecule has 0 bridgehead atoms. The van der Waals surface area contributed by atoms with E-state index in [4.69, 9.17) is 28.8 Å². The van der Waals surface area contributed by atoms with Crippen LogP contribution in [0.15, 0.2) is 63.9 Å². The highest BCUT2D eigenvalue weighted by Gasteiger charge is 2.34. The summed E-state index contributed by atoms with van der Waals surface area (Å²) >= 11 is 7.68. The Balaban J connectivity index is 1.47. The van der Waals surface area contributed by atoms with Crippen molar-refractivity contribution in [1.82, 2.24) is 19.4 Å². The van der Waals surface area contributed by atoms with Crippen LogP contribution in [-0.2, 0) is 6.42 Å². The van der Waals surface area contributed by atoms with E-state index < -0.39 is 24.0 Å². The summed E-state index contributed by atoms with van der Waals surface area (Å²) in [4.78, 5) is 27.9. The predicted molar refractivity (Wildman–Crippen MR) is 203 cm³/mol. The molecular weight excluding hydrogens is 697 g/mol. The summed E-state index contributed by atoms with van der Waals surface area (Å²) in [5.41, 5.74) is 19.3. The van der Waals surface area contributed by atoms with Crippen molar-refractivity contribution in [2.75, 3.05) is 32.6 Å². The average Bonchev–Trinajstić information content (AvgIpc) is 3.53. The van der Waals surface area contributed by atoms with E-state index in [1.165, 1.54) is 22.4 Å². The lowest BCUT2D eigenvalue weighted by Gasteiger charge is -2.43. The van der Waals surface area contributed by atoms with E-state index in [0.717, 1.165) is 31.2 Å². The van der Waals surface area contributed by atoms with Crippen LogP contribution in [0.3, 0.4) is 0 Å². The number of nitrogens with one attached hydrogen (secondary N) is 1. The first kappa shape index (κ1) is 38.6. The minimum absolute atomic E-state index is 0.0146. The van der Waals surface area contributed by atoms with Crippen LogP contribution < -0.4 is 22.9 Å². The molecular formula is C37H46ClF3N8OS. The van der Waals surface area contributed by atoms with Gasteiger partial charge in [0.2, 0.25) is 0 Å². The number of aliphatic imine (C=N–C) groups is 1. The van der Waals surface area contributed by atoms with Crippen LogP contribution in [-0.4, -0.2) is 69.9 Å². The largest absolute Gasteiger partial charge is 0.386 e. The second-order valence-electron chi connectivity index (χ2n) is 12.9. The van der Waals surface area contributed by atoms with Crippen LogP contribution in [0.2, 0.25) is 5.02 Å². The van der Waals surface area contributed by atoms with Crippen molar-refractivity contribution in [2.24, 2.45) is 22.2 Å². The third kappa shape index (κ3) is 9.07. The molecule has 2 aromatic heterocycles. The van der Waals surface area contributed by atoms with Crippen molar-refractivity contribution in [2.45, 2.75) is 74.4 Å². The Bertz CT molecular complexity index is 1930. The van der Waals surface area contributed by atoms with Gasteiger partial charge in [-0.2, -0.15) is 4.98 Å². The van der Waals surface area contributed by atoms with Crippen LogP contribution in [0.5, 0.6) is 0 Å². The number of aromatic amines is 1. The van der Waals surface area contributed by atoms with Gasteiger partial charge in [-0.15, -0.1) is 18.3 Å². The van der Waals surface area contributed by atoms with Gasteiger partial charge >= 0.3 is 5.69 Å². The number of nitrogens with zero attached hydrogens (tertiary/aromatic N) is 4. The number of amidine groups is 1. The third-order valence-corrected chi connectivity index (χ3v) is 10.6. The van der Waals surface area contributed by atoms with Crippen molar-refractivity contribution < 1.29 is 13.2 Å². The van der Waals surface area contributed by atoms with Gasteiger partial charge in [0.25, 0.3) is 0 Å². The maximum absolute atomic E-state index is 16.4. The summed E-state index contributed by atoms with van der Waals surface area (Å²) in [6.45, 7) is 4.38. The van der Waals surface area contributed by atoms with Crippen LogP contribution in [0.1, 0.15) is 62.1 Å². The van der Waals surface area contributed by atoms with Crippen molar-refractivity contribution in [1.29, 1.82) is 0 Å². The van der Waals surface area contributed by atoms with Crippen LogP contribution >= 0.6 is 23.4 Å². The predicted octanol–water partition coefficient (Wildman–Crippen LogP) is 6.83. The molecule has 1 aliphatic heterocycles. The van der Waals surface area contributed by atoms with Gasteiger partial charge in [-0.1, -0.05) is 17.7 Å². The summed E-state index contributed by atoms with van der Waals surface area (Å²) in [5.74, 6) is -0.669. The van der Waals surface area contributed by atoms with E-state index in [1.54, 1.807) is 36.5 Å². The quantitative estimate of drug-likeness (QED) is 0.0426. The molecule has 1 aliphatic rings. The molecule has 0 saturated carbocycles. The van der Waals surface area contributed by atoms with E-state index in [0.29, 0.717) is 71.8 Å². The summed E-state index contributed by atoms with van der Waals surface area (Å²) < 4.78 is 46.4. The van der Waals surface area contributed by atoms with Gasteiger partial charge in [-0.05, 0) is 93.5 Å². The normalized spacial score (nSPS) is 17.7. The molecule has 51 heavy (non-hydrogen) atoms. The molecule has 0 amide bonds. The van der Waals surface area contributed by atoms with Crippen molar-refractivity contribution in [3.8, 4) is 16.9 Å².